The van der Waals surface area contributed by atoms with Crippen molar-refractivity contribution in [3.05, 3.63) is 40.4 Å². The van der Waals surface area contributed by atoms with Gasteiger partial charge in [0.2, 0.25) is 11.8 Å². The van der Waals surface area contributed by atoms with Crippen molar-refractivity contribution in [3.8, 4) is 5.75 Å². The monoisotopic (exact) mass is 618 g/mol. The van der Waals surface area contributed by atoms with Gasteiger partial charge in [0.1, 0.15) is 5.75 Å². The Morgan fingerprint density at radius 3 is 2.50 bits per heavy atom. The highest BCUT2D eigenvalue weighted by molar-refractivity contribution is 9.09. The van der Waals surface area contributed by atoms with Gasteiger partial charge in [0.05, 0.1) is 24.4 Å². The number of phenols is 1. The van der Waals surface area contributed by atoms with Gasteiger partial charge in [-0.3, -0.25) is 24.1 Å². The number of carbonyl (C=O) groups is 5. The maximum Gasteiger partial charge on any atom is 0.423 e. The summed E-state index contributed by atoms with van der Waals surface area (Å²) in [5.74, 6) is -7.20. The highest BCUT2D eigenvalue weighted by atomic mass is 79.9. The van der Waals surface area contributed by atoms with Crippen molar-refractivity contribution in [1.82, 2.24) is 9.80 Å². The van der Waals surface area contributed by atoms with Gasteiger partial charge in [-0.15, -0.1) is 23.2 Å². The molecule has 36 heavy (non-hydrogen) atoms. The third-order valence-electron chi connectivity index (χ3n) is 7.67. The smallest absolute Gasteiger partial charge is 0.423 e. The number of methoxy groups -OCH3 is 1. The summed E-state index contributed by atoms with van der Waals surface area (Å²) in [6, 6.07) is 4.20. The lowest BCUT2D eigenvalue weighted by Gasteiger charge is -2.50. The molecule has 0 bridgehead atoms. The van der Waals surface area contributed by atoms with Crippen LogP contribution in [0.5, 0.6) is 5.75 Å². The lowest BCUT2D eigenvalue weighted by molar-refractivity contribution is -0.140. The third-order valence-corrected chi connectivity index (χ3v) is 9.82. The molecule has 0 radical (unpaired) electrons. The van der Waals surface area contributed by atoms with E-state index >= 15 is 0 Å². The molecule has 1 N–H and O–H groups in total. The number of phenolic OH excluding ortho intramolecular Hbond substituents is 1. The van der Waals surface area contributed by atoms with Crippen LogP contribution in [0.1, 0.15) is 24.3 Å². The minimum absolute atomic E-state index is 0.0684. The highest BCUT2D eigenvalue weighted by Crippen LogP contribution is 2.66. The predicted molar refractivity (Wildman–Crippen MR) is 131 cm³/mol. The van der Waals surface area contributed by atoms with Crippen molar-refractivity contribution >= 4 is 80.5 Å². The van der Waals surface area contributed by atoms with E-state index < -0.39 is 63.1 Å². The van der Waals surface area contributed by atoms with Crippen LogP contribution in [0.2, 0.25) is 5.02 Å². The van der Waals surface area contributed by atoms with Crippen LogP contribution in [0.25, 0.3) is 0 Å². The number of halogens is 4. The van der Waals surface area contributed by atoms with E-state index in [1.54, 1.807) is 6.08 Å². The van der Waals surface area contributed by atoms with E-state index in [1.807, 2.05) is 0 Å². The number of alkyl halides is 3. The van der Waals surface area contributed by atoms with Crippen LogP contribution in [-0.4, -0.2) is 66.9 Å². The van der Waals surface area contributed by atoms with E-state index in [9.17, 15) is 29.1 Å². The molecule has 3 fully saturated rings. The molecule has 0 unspecified atom stereocenters. The van der Waals surface area contributed by atoms with Crippen LogP contribution in [0.4, 0.5) is 4.79 Å². The summed E-state index contributed by atoms with van der Waals surface area (Å²) >= 11 is 23.4. The van der Waals surface area contributed by atoms with Gasteiger partial charge >= 0.3 is 6.09 Å². The Kier molecular flexibility index (Phi) is 5.98. The molecule has 4 aliphatic rings. The van der Waals surface area contributed by atoms with Gasteiger partial charge in [0.25, 0.3) is 11.8 Å². The van der Waals surface area contributed by atoms with Gasteiger partial charge in [-0.1, -0.05) is 39.2 Å². The Hall–Kier alpha value is -2.14. The van der Waals surface area contributed by atoms with Gasteiger partial charge in [-0.05, 0) is 37.0 Å². The number of allylic oxidation sites excluding steroid dienone is 2. The van der Waals surface area contributed by atoms with Crippen LogP contribution >= 0.6 is 50.7 Å². The Morgan fingerprint density at radius 1 is 1.17 bits per heavy atom. The number of benzene rings is 1. The Morgan fingerprint density at radius 2 is 1.86 bits per heavy atom. The second-order valence-corrected chi connectivity index (χ2v) is 11.4. The standard InChI is InChI=1S/C23H18BrCl3N2O7/c1-36-21(35)29-17(31)11-4-3-10-13(15(11)18(29)32)7-22(26)19(33)28(8-24)20(34)23(22,27)16(10)12-6-9(25)2-5-14(12)30/h2-3,5-6,11,13,15-16,30H,4,7-8H2,1H3/t11-,13+,15-,16+,22+,23-/m0/s1. The minimum atomic E-state index is -2.07. The number of carbonyl (C=O) groups excluding carboxylic acids is 5. The molecule has 9 nitrogen and oxygen atoms in total. The topological polar surface area (TPSA) is 121 Å². The first-order chi connectivity index (χ1) is 16.9. The van der Waals surface area contributed by atoms with Gasteiger partial charge in [0.15, 0.2) is 9.75 Å². The number of hydrogen-bond acceptors (Lipinski definition) is 7. The largest absolute Gasteiger partial charge is 0.508 e. The zero-order valence-corrected chi connectivity index (χ0v) is 22.4. The number of imide groups is 4. The molecule has 5 rings (SSSR count). The summed E-state index contributed by atoms with van der Waals surface area (Å²) in [5, 5.41) is 11.0. The summed E-state index contributed by atoms with van der Waals surface area (Å²) in [6.07, 6.45) is 0.396. The number of aromatic hydroxyl groups is 1. The molecule has 0 aromatic heterocycles. The van der Waals surface area contributed by atoms with Crippen LogP contribution in [0.3, 0.4) is 0 Å². The fourth-order valence-corrected chi connectivity index (χ4v) is 7.72. The number of hydrogen-bond donors (Lipinski definition) is 1. The molecule has 190 valence electrons. The van der Waals surface area contributed by atoms with E-state index in [0.717, 1.165) is 12.0 Å². The maximum atomic E-state index is 13.6. The van der Waals surface area contributed by atoms with E-state index in [1.165, 1.54) is 18.2 Å². The van der Waals surface area contributed by atoms with Crippen molar-refractivity contribution < 1.29 is 33.8 Å². The number of ether oxygens (including phenoxy) is 1. The van der Waals surface area contributed by atoms with E-state index in [4.69, 9.17) is 34.8 Å². The SMILES string of the molecule is COC(=O)N1C(=O)[C@H]2[C@H](CC=C3[C@H]2C[C@@]2(Cl)C(=O)N(CBr)C(=O)[C@@]2(Cl)[C@H]3c2cc(Cl)ccc2O)C1=O. The fraction of sp³-hybridized carbons (Fsp3) is 0.435. The second kappa shape index (κ2) is 8.44. The highest BCUT2D eigenvalue weighted by Gasteiger charge is 2.76. The summed E-state index contributed by atoms with van der Waals surface area (Å²) < 4.78 is 4.62. The summed E-state index contributed by atoms with van der Waals surface area (Å²) in [7, 11) is 1.06. The van der Waals surface area contributed by atoms with Crippen LogP contribution in [0, 0.1) is 17.8 Å². The maximum absolute atomic E-state index is 13.6. The van der Waals surface area contributed by atoms with E-state index in [-0.39, 0.29) is 34.6 Å². The molecule has 13 heteroatoms. The average Bonchev–Trinajstić information content (AvgIpc) is 3.18. The lowest BCUT2D eigenvalue weighted by atomic mass is 9.56. The van der Waals surface area contributed by atoms with E-state index in [0.29, 0.717) is 10.5 Å². The first-order valence-electron chi connectivity index (χ1n) is 10.9. The molecule has 2 saturated heterocycles. The molecular weight excluding hydrogens is 603 g/mol. The van der Waals surface area contributed by atoms with Crippen LogP contribution < -0.4 is 0 Å². The Balaban J connectivity index is 1.74. The molecule has 2 heterocycles. The molecule has 2 aliphatic heterocycles. The predicted octanol–water partition coefficient (Wildman–Crippen LogP) is 3.52. The van der Waals surface area contributed by atoms with Crippen molar-refractivity contribution in [2.75, 3.05) is 12.6 Å². The Labute approximate surface area is 228 Å². The first kappa shape index (κ1) is 25.5. The number of nitrogens with zero attached hydrogens (tertiary/aromatic N) is 2. The van der Waals surface area contributed by atoms with Gasteiger partial charge in [-0.2, -0.15) is 4.90 Å². The molecule has 1 aromatic rings. The van der Waals surface area contributed by atoms with Crippen LogP contribution in [-0.2, 0) is 23.9 Å². The van der Waals surface area contributed by atoms with Gasteiger partial charge < -0.3 is 9.84 Å². The first-order valence-corrected chi connectivity index (χ1v) is 13.1. The van der Waals surface area contributed by atoms with E-state index in [2.05, 4.69) is 20.7 Å². The minimum Gasteiger partial charge on any atom is -0.508 e. The summed E-state index contributed by atoms with van der Waals surface area (Å²) in [6.45, 7) is 0. The third kappa shape index (κ3) is 3.04. The second-order valence-electron chi connectivity index (χ2n) is 9.17. The van der Waals surface area contributed by atoms with Crippen molar-refractivity contribution in [2.24, 2.45) is 17.8 Å². The number of rotatable bonds is 2. The van der Waals surface area contributed by atoms with Crippen LogP contribution in [0.15, 0.2) is 29.8 Å². The van der Waals surface area contributed by atoms with Crippen molar-refractivity contribution in [3.63, 3.8) is 0 Å². The van der Waals surface area contributed by atoms with Crippen molar-refractivity contribution in [1.29, 1.82) is 0 Å². The van der Waals surface area contributed by atoms with Gasteiger partial charge in [-0.25, -0.2) is 4.79 Å². The molecule has 1 saturated carbocycles. The summed E-state index contributed by atoms with van der Waals surface area (Å²) in [4.78, 5) is 62.9. The lowest BCUT2D eigenvalue weighted by Crippen LogP contribution is -2.60. The zero-order valence-electron chi connectivity index (χ0n) is 18.5. The van der Waals surface area contributed by atoms with Gasteiger partial charge in [0, 0.05) is 16.5 Å². The summed E-state index contributed by atoms with van der Waals surface area (Å²) in [5.41, 5.74) is 0.437. The average molecular weight is 621 g/mol. The Bertz CT molecular complexity index is 1290. The number of likely N-dealkylation sites (tertiary alicyclic amines) is 2. The fourth-order valence-electron chi connectivity index (χ4n) is 6.13. The molecule has 6 atom stereocenters. The molecule has 5 amide bonds. The van der Waals surface area contributed by atoms with Crippen molar-refractivity contribution in [2.45, 2.75) is 28.5 Å². The molecule has 0 spiro atoms. The molecule has 1 aromatic carbocycles. The molecule has 2 aliphatic carbocycles. The molecular formula is C23H18BrCl3N2O7. The number of fused-ring (bicyclic) bond motifs is 4. The number of amides is 5. The normalized spacial score (nSPS) is 35.4. The zero-order chi connectivity index (χ0) is 26.3. The quantitative estimate of drug-likeness (QED) is 0.233.